The van der Waals surface area contributed by atoms with Crippen molar-refractivity contribution in [1.82, 2.24) is 5.32 Å². The molecule has 0 spiro atoms. The van der Waals surface area contributed by atoms with E-state index in [1.807, 2.05) is 0 Å². The molecule has 1 saturated carbocycles. The molecule has 1 aromatic carbocycles. The fourth-order valence-corrected chi connectivity index (χ4v) is 3.66. The molecule has 21 heavy (non-hydrogen) atoms. The van der Waals surface area contributed by atoms with E-state index in [0.717, 1.165) is 18.4 Å². The molecule has 0 aromatic heterocycles. The van der Waals surface area contributed by atoms with Crippen LogP contribution in [0.5, 0.6) is 0 Å². The van der Waals surface area contributed by atoms with Gasteiger partial charge in [-0.3, -0.25) is 0 Å². The summed E-state index contributed by atoms with van der Waals surface area (Å²) < 4.78 is 0. The highest BCUT2D eigenvalue weighted by Gasteiger charge is 2.26. The van der Waals surface area contributed by atoms with E-state index in [1.165, 1.54) is 56.1 Å². The first-order chi connectivity index (χ1) is 10.2. The summed E-state index contributed by atoms with van der Waals surface area (Å²) >= 11 is 0. The topological polar surface area (TPSA) is 12.0 Å². The lowest BCUT2D eigenvalue weighted by molar-refractivity contribution is 0.231. The van der Waals surface area contributed by atoms with Crippen LogP contribution in [0.4, 0.5) is 0 Å². The van der Waals surface area contributed by atoms with Crippen LogP contribution >= 0.6 is 0 Å². The first-order valence-corrected chi connectivity index (χ1v) is 9.06. The summed E-state index contributed by atoms with van der Waals surface area (Å²) in [4.78, 5) is 0. The van der Waals surface area contributed by atoms with Gasteiger partial charge in [-0.25, -0.2) is 0 Å². The Kier molecular flexibility index (Phi) is 6.76. The molecule has 1 aliphatic rings. The van der Waals surface area contributed by atoms with E-state index in [-0.39, 0.29) is 0 Å². The van der Waals surface area contributed by atoms with Crippen LogP contribution in [0.2, 0.25) is 0 Å². The highest BCUT2D eigenvalue weighted by molar-refractivity contribution is 5.26. The Balaban J connectivity index is 2.07. The van der Waals surface area contributed by atoms with Crippen molar-refractivity contribution in [2.24, 2.45) is 11.8 Å². The van der Waals surface area contributed by atoms with Crippen molar-refractivity contribution in [2.45, 2.75) is 71.8 Å². The summed E-state index contributed by atoms with van der Waals surface area (Å²) in [6, 6.07) is 9.98. The summed E-state index contributed by atoms with van der Waals surface area (Å²) in [5, 5.41) is 3.82. The molecule has 0 aliphatic heterocycles. The van der Waals surface area contributed by atoms with Crippen molar-refractivity contribution >= 4 is 0 Å². The molecule has 2 rings (SSSR count). The molecule has 118 valence electrons. The number of hydrogen-bond acceptors (Lipinski definition) is 1. The van der Waals surface area contributed by atoms with Crippen LogP contribution in [-0.4, -0.2) is 6.54 Å². The summed E-state index contributed by atoms with van der Waals surface area (Å²) in [6.07, 6.45) is 9.24. The molecular formula is C20H33N. The van der Waals surface area contributed by atoms with E-state index in [4.69, 9.17) is 0 Å². The normalized spacial score (nSPS) is 24.0. The Morgan fingerprint density at radius 1 is 1.00 bits per heavy atom. The van der Waals surface area contributed by atoms with Gasteiger partial charge in [0, 0.05) is 6.04 Å². The van der Waals surface area contributed by atoms with Gasteiger partial charge in [0.25, 0.3) is 0 Å². The Labute approximate surface area is 131 Å². The van der Waals surface area contributed by atoms with Gasteiger partial charge in [0.2, 0.25) is 0 Å². The molecule has 1 fully saturated rings. The minimum atomic E-state index is 0.563. The van der Waals surface area contributed by atoms with Crippen LogP contribution < -0.4 is 5.32 Å². The molecule has 1 unspecified atom stereocenters. The van der Waals surface area contributed by atoms with Crippen LogP contribution in [0.3, 0.4) is 0 Å². The predicted molar refractivity (Wildman–Crippen MR) is 92.6 cm³/mol. The number of hydrogen-bond donors (Lipinski definition) is 1. The quantitative estimate of drug-likeness (QED) is 0.697. The van der Waals surface area contributed by atoms with Crippen molar-refractivity contribution in [1.29, 1.82) is 0 Å². The fraction of sp³-hybridized carbons (Fsp3) is 0.700. The van der Waals surface area contributed by atoms with Crippen molar-refractivity contribution < 1.29 is 0 Å². The first-order valence-electron chi connectivity index (χ1n) is 9.06. The summed E-state index contributed by atoms with van der Waals surface area (Å²) in [6.45, 7) is 8.05. The monoisotopic (exact) mass is 287 g/mol. The largest absolute Gasteiger partial charge is 0.310 e. The molecule has 1 aliphatic carbocycles. The Bertz CT molecular complexity index is 387. The van der Waals surface area contributed by atoms with E-state index in [9.17, 15) is 0 Å². The van der Waals surface area contributed by atoms with Gasteiger partial charge >= 0.3 is 0 Å². The summed E-state index contributed by atoms with van der Waals surface area (Å²) in [7, 11) is 0. The maximum Gasteiger partial charge on any atom is 0.0348 e. The van der Waals surface area contributed by atoms with Crippen molar-refractivity contribution in [3.05, 3.63) is 35.4 Å². The van der Waals surface area contributed by atoms with E-state index >= 15 is 0 Å². The van der Waals surface area contributed by atoms with Crippen molar-refractivity contribution in [3.63, 3.8) is 0 Å². The van der Waals surface area contributed by atoms with Crippen LogP contribution in [0, 0.1) is 11.8 Å². The van der Waals surface area contributed by atoms with Crippen LogP contribution in [0.1, 0.15) is 76.5 Å². The highest BCUT2D eigenvalue weighted by Crippen LogP contribution is 2.36. The maximum absolute atomic E-state index is 3.82. The predicted octanol–water partition coefficient (Wildman–Crippen LogP) is 5.51. The lowest BCUT2D eigenvalue weighted by atomic mass is 9.77. The van der Waals surface area contributed by atoms with Gasteiger partial charge in [-0.1, -0.05) is 64.3 Å². The number of benzene rings is 1. The molecule has 0 heterocycles. The van der Waals surface area contributed by atoms with Gasteiger partial charge in [-0.05, 0) is 55.2 Å². The lowest BCUT2D eigenvalue weighted by Crippen LogP contribution is -2.31. The second-order valence-electron chi connectivity index (χ2n) is 6.94. The zero-order chi connectivity index (χ0) is 15.1. The summed E-state index contributed by atoms with van der Waals surface area (Å²) in [5.41, 5.74) is 2.98. The third-order valence-electron chi connectivity index (χ3n) is 5.02. The molecule has 1 N–H and O–H groups in total. The van der Waals surface area contributed by atoms with E-state index in [2.05, 4.69) is 50.4 Å². The molecule has 0 saturated heterocycles. The SMILES string of the molecule is CCCNC(c1ccc(CCC)cc1)C1CCC(C)CC1. The van der Waals surface area contributed by atoms with Crippen molar-refractivity contribution in [3.8, 4) is 0 Å². The average molecular weight is 287 g/mol. The van der Waals surface area contributed by atoms with E-state index in [0.29, 0.717) is 6.04 Å². The number of aryl methyl sites for hydroxylation is 1. The van der Waals surface area contributed by atoms with Crippen LogP contribution in [0.15, 0.2) is 24.3 Å². The maximum atomic E-state index is 3.82. The minimum absolute atomic E-state index is 0.563. The second kappa shape index (κ2) is 8.58. The number of nitrogens with one attached hydrogen (secondary N) is 1. The van der Waals surface area contributed by atoms with Gasteiger partial charge < -0.3 is 5.32 Å². The number of rotatable bonds is 7. The van der Waals surface area contributed by atoms with Crippen LogP contribution in [-0.2, 0) is 6.42 Å². The van der Waals surface area contributed by atoms with Gasteiger partial charge in [-0.15, -0.1) is 0 Å². The Morgan fingerprint density at radius 3 is 2.24 bits per heavy atom. The smallest absolute Gasteiger partial charge is 0.0348 e. The van der Waals surface area contributed by atoms with Gasteiger partial charge in [0.1, 0.15) is 0 Å². The Morgan fingerprint density at radius 2 is 1.67 bits per heavy atom. The average Bonchev–Trinajstić information content (AvgIpc) is 2.51. The minimum Gasteiger partial charge on any atom is -0.310 e. The Hall–Kier alpha value is -0.820. The molecule has 0 bridgehead atoms. The summed E-state index contributed by atoms with van der Waals surface area (Å²) in [5.74, 6) is 1.75. The molecule has 0 radical (unpaired) electrons. The van der Waals surface area contributed by atoms with Gasteiger partial charge in [0.15, 0.2) is 0 Å². The zero-order valence-electron chi connectivity index (χ0n) is 14.2. The van der Waals surface area contributed by atoms with Gasteiger partial charge in [0.05, 0.1) is 0 Å². The molecule has 0 amide bonds. The molecule has 1 aromatic rings. The fourth-order valence-electron chi connectivity index (χ4n) is 3.66. The van der Waals surface area contributed by atoms with Crippen LogP contribution in [0.25, 0.3) is 0 Å². The molecule has 1 heteroatoms. The van der Waals surface area contributed by atoms with Gasteiger partial charge in [-0.2, -0.15) is 0 Å². The second-order valence-corrected chi connectivity index (χ2v) is 6.94. The molecule has 1 nitrogen and oxygen atoms in total. The molecule has 1 atom stereocenters. The lowest BCUT2D eigenvalue weighted by Gasteiger charge is -2.34. The third-order valence-corrected chi connectivity index (χ3v) is 5.02. The molecular weight excluding hydrogens is 254 g/mol. The third kappa shape index (κ3) is 4.85. The first kappa shape index (κ1) is 16.5. The van der Waals surface area contributed by atoms with E-state index in [1.54, 1.807) is 0 Å². The highest BCUT2D eigenvalue weighted by atomic mass is 14.9. The van der Waals surface area contributed by atoms with E-state index < -0.39 is 0 Å². The zero-order valence-corrected chi connectivity index (χ0v) is 14.2. The van der Waals surface area contributed by atoms with Crippen molar-refractivity contribution in [2.75, 3.05) is 6.54 Å². The standard InChI is InChI=1S/C20H33N/c1-4-6-17-9-13-19(14-10-17)20(21-15-5-2)18-11-7-16(3)8-12-18/h9-10,13-14,16,18,20-21H,4-8,11-12,15H2,1-3H3.